The monoisotopic (exact) mass is 407 g/mol. The predicted molar refractivity (Wildman–Crippen MR) is 106 cm³/mol. The molecule has 0 unspecified atom stereocenters. The van der Waals surface area contributed by atoms with Crippen molar-refractivity contribution in [3.05, 3.63) is 102 Å². The molecule has 1 aromatic heterocycles. The van der Waals surface area contributed by atoms with Crippen molar-refractivity contribution in [2.24, 2.45) is 0 Å². The van der Waals surface area contributed by atoms with Crippen molar-refractivity contribution >= 4 is 35.7 Å². The van der Waals surface area contributed by atoms with Crippen molar-refractivity contribution in [3.63, 3.8) is 0 Å². The number of fused-ring (bicyclic) bond motifs is 1. The van der Waals surface area contributed by atoms with Gasteiger partial charge in [-0.3, -0.25) is 11.1 Å². The summed E-state index contributed by atoms with van der Waals surface area (Å²) in [7, 11) is 0. The number of para-hydroxylation sites is 1. The second-order valence-corrected chi connectivity index (χ2v) is 5.11. The molecule has 0 saturated carbocycles. The maximum atomic E-state index is 4.13. The molecule has 0 amide bonds. The van der Waals surface area contributed by atoms with Gasteiger partial charge in [0.15, 0.2) is 0 Å². The maximum Gasteiger partial charge on any atom is 2.00 e. The van der Waals surface area contributed by atoms with Crippen LogP contribution in [0.1, 0.15) is 12.0 Å². The topological polar surface area (TPSA) is 12.9 Å². The largest absolute Gasteiger partial charge is 2.00 e. The fourth-order valence-electron chi connectivity index (χ4n) is 2.35. The van der Waals surface area contributed by atoms with Gasteiger partial charge in [0.2, 0.25) is 0 Å². The van der Waals surface area contributed by atoms with Crippen LogP contribution in [0.5, 0.6) is 0 Å². The molecule has 0 spiro atoms. The SMILES string of the molecule is Cl.Cl.[C-]1=CC(Cc2ccccc2)=CC1.[Cr+2].[c-]1cccc2cccnc12. The number of halogens is 2. The Hall–Kier alpha value is -1.56. The predicted octanol–water partition coefficient (Wildman–Crippen LogP) is 5.79. The van der Waals surface area contributed by atoms with Gasteiger partial charge < -0.3 is 0 Å². The molecular weight excluding hydrogens is 389 g/mol. The van der Waals surface area contributed by atoms with Gasteiger partial charge in [0.1, 0.15) is 0 Å². The van der Waals surface area contributed by atoms with Gasteiger partial charge in [0.25, 0.3) is 0 Å². The smallest absolute Gasteiger partial charge is 0.283 e. The van der Waals surface area contributed by atoms with Gasteiger partial charge in [0.05, 0.1) is 0 Å². The number of rotatable bonds is 2. The normalized spacial score (nSPS) is 11.1. The van der Waals surface area contributed by atoms with Crippen molar-refractivity contribution in [1.82, 2.24) is 4.98 Å². The van der Waals surface area contributed by atoms with E-state index in [1.165, 1.54) is 11.1 Å². The second-order valence-electron chi connectivity index (χ2n) is 5.11. The van der Waals surface area contributed by atoms with Gasteiger partial charge >= 0.3 is 17.4 Å². The third-order valence-electron chi connectivity index (χ3n) is 3.45. The Morgan fingerprint density at radius 1 is 0.920 bits per heavy atom. The first-order valence-corrected chi connectivity index (χ1v) is 7.43. The summed E-state index contributed by atoms with van der Waals surface area (Å²) in [5, 5.41) is 1.14. The van der Waals surface area contributed by atoms with Crippen molar-refractivity contribution in [2.75, 3.05) is 0 Å². The zero-order valence-corrected chi connectivity index (χ0v) is 16.5. The molecule has 0 fully saturated rings. The first-order valence-electron chi connectivity index (χ1n) is 7.43. The number of aromatic nitrogens is 1. The molecule has 0 aliphatic heterocycles. The van der Waals surface area contributed by atoms with Crippen LogP contribution in [0.15, 0.2) is 84.6 Å². The van der Waals surface area contributed by atoms with Crippen molar-refractivity contribution in [2.45, 2.75) is 12.8 Å². The van der Waals surface area contributed by atoms with E-state index in [1.54, 1.807) is 6.20 Å². The average Bonchev–Trinajstić information content (AvgIpc) is 3.10. The Morgan fingerprint density at radius 3 is 2.36 bits per heavy atom. The molecule has 3 aromatic rings. The zero-order valence-electron chi connectivity index (χ0n) is 13.6. The van der Waals surface area contributed by atoms with Crippen molar-refractivity contribution in [3.8, 4) is 0 Å². The number of allylic oxidation sites excluding steroid dienone is 4. The standard InChI is InChI=1S/C12H11.C9H6N.2ClH.Cr/c1-2-6-11(7-3-1)10-12-8-4-5-9-12;1-2-6-9-8(4-1)5-3-7-10-9;;;/h1-3,6-9H,4,10H2;1-5,7H;2*1H;/q2*-1;;;+2. The molecule has 25 heavy (non-hydrogen) atoms. The minimum absolute atomic E-state index is 0. The van der Waals surface area contributed by atoms with E-state index in [9.17, 15) is 0 Å². The summed E-state index contributed by atoms with van der Waals surface area (Å²) in [6, 6.07) is 23.4. The summed E-state index contributed by atoms with van der Waals surface area (Å²) in [4.78, 5) is 4.13. The van der Waals surface area contributed by atoms with E-state index in [0.29, 0.717) is 0 Å². The second kappa shape index (κ2) is 12.8. The van der Waals surface area contributed by atoms with Gasteiger partial charge in [-0.05, 0) is 5.52 Å². The minimum Gasteiger partial charge on any atom is -0.283 e. The van der Waals surface area contributed by atoms with Crippen LogP contribution < -0.4 is 0 Å². The van der Waals surface area contributed by atoms with Crippen LogP contribution in [0, 0.1) is 12.1 Å². The summed E-state index contributed by atoms with van der Waals surface area (Å²) >= 11 is 0. The van der Waals surface area contributed by atoms with E-state index >= 15 is 0 Å². The number of hydrogen-bond donors (Lipinski definition) is 0. The van der Waals surface area contributed by atoms with Gasteiger partial charge in [-0.2, -0.15) is 35.9 Å². The number of pyridine rings is 1. The number of nitrogens with zero attached hydrogens (tertiary/aromatic N) is 1. The summed E-state index contributed by atoms with van der Waals surface area (Å²) in [5.74, 6) is 0. The molecule has 128 valence electrons. The number of benzene rings is 2. The Morgan fingerprint density at radius 2 is 1.68 bits per heavy atom. The maximum absolute atomic E-state index is 4.13. The first-order chi connectivity index (χ1) is 10.9. The minimum atomic E-state index is 0. The van der Waals surface area contributed by atoms with Crippen molar-refractivity contribution in [1.29, 1.82) is 0 Å². The molecule has 1 heterocycles. The van der Waals surface area contributed by atoms with E-state index in [1.807, 2.05) is 30.3 Å². The van der Waals surface area contributed by atoms with Gasteiger partial charge in [-0.15, -0.1) is 42.7 Å². The molecule has 4 heteroatoms. The molecule has 0 atom stereocenters. The Labute approximate surface area is 172 Å². The molecule has 0 saturated heterocycles. The van der Waals surface area contributed by atoms with E-state index < -0.39 is 0 Å². The van der Waals surface area contributed by atoms with E-state index in [0.717, 1.165) is 23.7 Å². The molecule has 1 nitrogen and oxygen atoms in total. The molecule has 4 rings (SSSR count). The van der Waals surface area contributed by atoms with Gasteiger partial charge in [-0.25, -0.2) is 6.08 Å². The van der Waals surface area contributed by atoms with Crippen molar-refractivity contribution < 1.29 is 17.4 Å². The Kier molecular flexibility index (Phi) is 12.0. The fraction of sp³-hybridized carbons (Fsp3) is 0.0952. The van der Waals surface area contributed by atoms with Crippen LogP contribution in [0.2, 0.25) is 0 Å². The molecule has 1 aliphatic carbocycles. The Balaban J connectivity index is 0.000000416. The zero-order chi connectivity index (χ0) is 15.0. The number of hydrogen-bond acceptors (Lipinski definition) is 1. The van der Waals surface area contributed by atoms with Crippen LogP contribution in [0.4, 0.5) is 0 Å². The van der Waals surface area contributed by atoms with E-state index in [4.69, 9.17) is 0 Å². The van der Waals surface area contributed by atoms with Gasteiger partial charge in [0, 0.05) is 6.20 Å². The molecule has 0 radical (unpaired) electrons. The summed E-state index contributed by atoms with van der Waals surface area (Å²) in [6.07, 6.45) is 11.3. The van der Waals surface area contributed by atoms with Crippen LogP contribution in [-0.4, -0.2) is 4.98 Å². The molecule has 0 N–H and O–H groups in total. The summed E-state index contributed by atoms with van der Waals surface area (Å²) in [6.45, 7) is 0. The Bertz CT molecular complexity index is 736. The third kappa shape index (κ3) is 7.47. The molecule has 1 aliphatic rings. The van der Waals surface area contributed by atoms with Crippen LogP contribution in [0.25, 0.3) is 10.9 Å². The first kappa shape index (κ1) is 23.4. The average molecular weight is 408 g/mol. The van der Waals surface area contributed by atoms with E-state index in [2.05, 4.69) is 59.6 Å². The van der Waals surface area contributed by atoms with Crippen LogP contribution in [-0.2, 0) is 23.8 Å². The van der Waals surface area contributed by atoms with Crippen LogP contribution >= 0.6 is 24.8 Å². The summed E-state index contributed by atoms with van der Waals surface area (Å²) < 4.78 is 0. The molecule has 0 bridgehead atoms. The molecular formula is C21H19Cl2CrN. The van der Waals surface area contributed by atoms with Gasteiger partial charge in [-0.1, -0.05) is 48.4 Å². The fourth-order valence-corrected chi connectivity index (χ4v) is 2.35. The molecule has 2 aromatic carbocycles. The third-order valence-corrected chi connectivity index (χ3v) is 3.45. The summed E-state index contributed by atoms with van der Waals surface area (Å²) in [5.41, 5.74) is 3.70. The van der Waals surface area contributed by atoms with E-state index in [-0.39, 0.29) is 42.2 Å². The van der Waals surface area contributed by atoms with Crippen LogP contribution in [0.3, 0.4) is 0 Å². The quantitative estimate of drug-likeness (QED) is 0.489.